The normalized spacial score (nSPS) is 10.3. The Balaban J connectivity index is 1.53. The highest BCUT2D eigenvalue weighted by Crippen LogP contribution is 2.24. The van der Waals surface area contributed by atoms with Crippen molar-refractivity contribution < 1.29 is 14.3 Å². The van der Waals surface area contributed by atoms with Crippen molar-refractivity contribution in [1.82, 2.24) is 0 Å². The van der Waals surface area contributed by atoms with Gasteiger partial charge in [0.1, 0.15) is 17.2 Å². The van der Waals surface area contributed by atoms with Gasteiger partial charge >= 0.3 is 0 Å². The number of nitrogens with one attached hydrogen (secondary N) is 1. The zero-order chi connectivity index (χ0) is 19.2. The Morgan fingerprint density at radius 3 is 2.44 bits per heavy atom. The Morgan fingerprint density at radius 2 is 1.74 bits per heavy atom. The molecule has 27 heavy (non-hydrogen) atoms. The van der Waals surface area contributed by atoms with E-state index in [4.69, 9.17) is 21.1 Å². The van der Waals surface area contributed by atoms with Crippen LogP contribution in [0.3, 0.4) is 0 Å². The number of carbonyl (C=O) groups is 1. The number of hydrogen-bond acceptors (Lipinski definition) is 3. The Bertz CT molecular complexity index is 939. The molecule has 3 aromatic carbocycles. The van der Waals surface area contributed by atoms with Crippen LogP contribution in [0.5, 0.6) is 17.2 Å². The van der Waals surface area contributed by atoms with E-state index in [1.165, 1.54) is 0 Å². The number of halogens is 1. The van der Waals surface area contributed by atoms with Crippen molar-refractivity contribution in [3.63, 3.8) is 0 Å². The largest absolute Gasteiger partial charge is 0.483 e. The van der Waals surface area contributed by atoms with Gasteiger partial charge in [0.05, 0.1) is 0 Å². The summed E-state index contributed by atoms with van der Waals surface area (Å²) in [5.74, 6) is 1.87. The van der Waals surface area contributed by atoms with E-state index in [9.17, 15) is 4.79 Å². The van der Waals surface area contributed by atoms with Crippen molar-refractivity contribution in [3.8, 4) is 17.2 Å². The third-order valence-corrected chi connectivity index (χ3v) is 4.09. The molecule has 0 aliphatic heterocycles. The molecule has 1 amide bonds. The first-order chi connectivity index (χ1) is 13.0. The Kier molecular flexibility index (Phi) is 5.99. The maximum absolute atomic E-state index is 12.1. The summed E-state index contributed by atoms with van der Waals surface area (Å²) < 4.78 is 11.3. The van der Waals surface area contributed by atoms with Crippen LogP contribution in [-0.2, 0) is 4.79 Å². The van der Waals surface area contributed by atoms with Crippen molar-refractivity contribution >= 4 is 23.2 Å². The molecule has 0 atom stereocenters. The molecule has 3 rings (SSSR count). The van der Waals surface area contributed by atoms with Gasteiger partial charge in [0.15, 0.2) is 6.61 Å². The number of benzene rings is 3. The zero-order valence-electron chi connectivity index (χ0n) is 15.2. The predicted molar refractivity (Wildman–Crippen MR) is 108 cm³/mol. The lowest BCUT2D eigenvalue weighted by molar-refractivity contribution is -0.118. The molecular weight excluding hydrogens is 362 g/mol. The molecule has 0 fully saturated rings. The highest BCUT2D eigenvalue weighted by molar-refractivity contribution is 6.30. The van der Waals surface area contributed by atoms with Crippen molar-refractivity contribution in [3.05, 3.63) is 82.9 Å². The second-order valence-corrected chi connectivity index (χ2v) is 6.63. The minimum absolute atomic E-state index is 0.0793. The highest BCUT2D eigenvalue weighted by atomic mass is 35.5. The summed E-state index contributed by atoms with van der Waals surface area (Å²) in [6.45, 7) is 3.81. The first-order valence-electron chi connectivity index (χ1n) is 8.53. The zero-order valence-corrected chi connectivity index (χ0v) is 15.9. The van der Waals surface area contributed by atoms with Crippen molar-refractivity contribution in [2.24, 2.45) is 0 Å². The summed E-state index contributed by atoms with van der Waals surface area (Å²) in [4.78, 5) is 12.1. The van der Waals surface area contributed by atoms with E-state index in [-0.39, 0.29) is 12.5 Å². The molecule has 0 radical (unpaired) electrons. The fourth-order valence-corrected chi connectivity index (χ4v) is 2.76. The minimum Gasteiger partial charge on any atom is -0.483 e. The van der Waals surface area contributed by atoms with E-state index in [1.807, 2.05) is 50.2 Å². The molecule has 1 N–H and O–H groups in total. The number of aryl methyl sites for hydroxylation is 2. The third kappa shape index (κ3) is 5.50. The average molecular weight is 382 g/mol. The molecule has 4 nitrogen and oxygen atoms in total. The Morgan fingerprint density at radius 1 is 0.963 bits per heavy atom. The molecule has 0 spiro atoms. The SMILES string of the molecule is Cc1cccc(Oc2ccc(NC(=O)COc3ccc(Cl)cc3C)cc2)c1. The van der Waals surface area contributed by atoms with Gasteiger partial charge in [-0.2, -0.15) is 0 Å². The van der Waals surface area contributed by atoms with Crippen LogP contribution in [-0.4, -0.2) is 12.5 Å². The molecule has 3 aromatic rings. The van der Waals surface area contributed by atoms with Crippen LogP contribution in [0, 0.1) is 13.8 Å². The summed E-state index contributed by atoms with van der Waals surface area (Å²) >= 11 is 5.91. The van der Waals surface area contributed by atoms with Crippen LogP contribution in [0.1, 0.15) is 11.1 Å². The molecule has 0 aromatic heterocycles. The Hall–Kier alpha value is -2.98. The molecule has 5 heteroatoms. The number of anilines is 1. The lowest BCUT2D eigenvalue weighted by Crippen LogP contribution is -2.20. The van der Waals surface area contributed by atoms with Crippen molar-refractivity contribution in [2.45, 2.75) is 13.8 Å². The number of hydrogen-bond donors (Lipinski definition) is 1. The summed E-state index contributed by atoms with van der Waals surface area (Å²) in [7, 11) is 0. The average Bonchev–Trinajstić information content (AvgIpc) is 2.63. The van der Waals surface area contributed by atoms with Crippen LogP contribution in [0.2, 0.25) is 5.02 Å². The third-order valence-electron chi connectivity index (χ3n) is 3.86. The van der Waals surface area contributed by atoms with Gasteiger partial charge in [0.2, 0.25) is 0 Å². The van der Waals surface area contributed by atoms with Crippen LogP contribution in [0.25, 0.3) is 0 Å². The van der Waals surface area contributed by atoms with E-state index < -0.39 is 0 Å². The van der Waals surface area contributed by atoms with Gasteiger partial charge in [0.25, 0.3) is 5.91 Å². The smallest absolute Gasteiger partial charge is 0.262 e. The van der Waals surface area contributed by atoms with E-state index in [1.54, 1.807) is 30.3 Å². The highest BCUT2D eigenvalue weighted by Gasteiger charge is 2.06. The number of amides is 1. The molecule has 0 heterocycles. The Labute approximate surface area is 163 Å². The molecular formula is C22H20ClNO3. The monoisotopic (exact) mass is 381 g/mol. The molecule has 138 valence electrons. The summed E-state index contributed by atoms with van der Waals surface area (Å²) in [6, 6.07) is 20.3. The topological polar surface area (TPSA) is 47.6 Å². The van der Waals surface area contributed by atoms with Gasteiger partial charge in [-0.25, -0.2) is 0 Å². The number of rotatable bonds is 6. The fourth-order valence-electron chi connectivity index (χ4n) is 2.54. The second kappa shape index (κ2) is 8.60. The van der Waals surface area contributed by atoms with Crippen molar-refractivity contribution in [2.75, 3.05) is 11.9 Å². The predicted octanol–water partition coefficient (Wildman–Crippen LogP) is 5.77. The maximum atomic E-state index is 12.1. The molecule has 0 unspecified atom stereocenters. The second-order valence-electron chi connectivity index (χ2n) is 6.19. The molecule has 0 saturated carbocycles. The minimum atomic E-state index is -0.239. The van der Waals surface area contributed by atoms with Crippen LogP contribution < -0.4 is 14.8 Å². The first-order valence-corrected chi connectivity index (χ1v) is 8.91. The molecule has 0 aliphatic rings. The number of carbonyl (C=O) groups excluding carboxylic acids is 1. The first kappa shape index (κ1) is 18.8. The van der Waals surface area contributed by atoms with Gasteiger partial charge < -0.3 is 14.8 Å². The van der Waals surface area contributed by atoms with E-state index in [2.05, 4.69) is 5.32 Å². The van der Waals surface area contributed by atoms with E-state index in [0.717, 1.165) is 16.9 Å². The van der Waals surface area contributed by atoms with E-state index >= 15 is 0 Å². The molecule has 0 saturated heterocycles. The summed E-state index contributed by atoms with van der Waals surface area (Å²) in [5.41, 5.74) is 2.69. The van der Waals surface area contributed by atoms with Gasteiger partial charge in [-0.05, 0) is 79.6 Å². The lowest BCUT2D eigenvalue weighted by Gasteiger charge is -2.11. The summed E-state index contributed by atoms with van der Waals surface area (Å²) in [5, 5.41) is 3.43. The quantitative estimate of drug-likeness (QED) is 0.589. The van der Waals surface area contributed by atoms with Gasteiger partial charge in [-0.15, -0.1) is 0 Å². The van der Waals surface area contributed by atoms with Gasteiger partial charge in [-0.3, -0.25) is 4.79 Å². The van der Waals surface area contributed by atoms with E-state index in [0.29, 0.717) is 22.2 Å². The van der Waals surface area contributed by atoms with Gasteiger partial charge in [-0.1, -0.05) is 23.7 Å². The maximum Gasteiger partial charge on any atom is 0.262 e. The summed E-state index contributed by atoms with van der Waals surface area (Å²) in [6.07, 6.45) is 0. The number of ether oxygens (including phenoxy) is 2. The van der Waals surface area contributed by atoms with Crippen molar-refractivity contribution in [1.29, 1.82) is 0 Å². The fraction of sp³-hybridized carbons (Fsp3) is 0.136. The van der Waals surface area contributed by atoms with Crippen LogP contribution in [0.4, 0.5) is 5.69 Å². The molecule has 0 aliphatic carbocycles. The van der Waals surface area contributed by atoms with Gasteiger partial charge in [0, 0.05) is 10.7 Å². The van der Waals surface area contributed by atoms with Crippen LogP contribution >= 0.6 is 11.6 Å². The van der Waals surface area contributed by atoms with Crippen LogP contribution in [0.15, 0.2) is 66.7 Å². The molecule has 0 bridgehead atoms. The lowest BCUT2D eigenvalue weighted by atomic mass is 10.2. The standard InChI is InChI=1S/C22H20ClNO3/c1-15-4-3-5-20(12-15)27-19-9-7-18(8-10-19)24-22(25)14-26-21-11-6-17(23)13-16(21)2/h3-13H,14H2,1-2H3,(H,24,25).